The van der Waals surface area contributed by atoms with Crippen LogP contribution in [0, 0.1) is 6.92 Å². The van der Waals surface area contributed by atoms with Gasteiger partial charge in [0.15, 0.2) is 6.10 Å². The Hall–Kier alpha value is -3.71. The normalized spacial score (nSPS) is 18.2. The van der Waals surface area contributed by atoms with E-state index in [-0.39, 0.29) is 5.91 Å². The summed E-state index contributed by atoms with van der Waals surface area (Å²) in [5.74, 6) is -1.35. The number of imidazole rings is 1. The van der Waals surface area contributed by atoms with E-state index >= 15 is 0 Å². The first-order chi connectivity index (χ1) is 18.0. The molecule has 202 valence electrons. The number of ether oxygens (including phenoxy) is 1. The molecule has 10 nitrogen and oxygen atoms in total. The van der Waals surface area contributed by atoms with E-state index in [1.807, 2.05) is 36.1 Å². The first-order valence-corrected chi connectivity index (χ1v) is 11.9. The lowest BCUT2D eigenvalue weighted by molar-refractivity contribution is -0.192. The number of carboxylic acids is 1. The van der Waals surface area contributed by atoms with Gasteiger partial charge in [0.2, 0.25) is 5.95 Å². The fourth-order valence-corrected chi connectivity index (χ4v) is 4.47. The number of aryl methyl sites for hydroxylation is 1. The number of hydrogen-bond donors (Lipinski definition) is 2. The summed E-state index contributed by atoms with van der Waals surface area (Å²) in [4.78, 5) is 37.5. The van der Waals surface area contributed by atoms with Gasteiger partial charge in [-0.1, -0.05) is 17.7 Å². The zero-order valence-corrected chi connectivity index (χ0v) is 20.9. The quantitative estimate of drug-likeness (QED) is 0.503. The van der Waals surface area contributed by atoms with Crippen molar-refractivity contribution in [2.75, 3.05) is 23.3 Å². The predicted octanol–water partition coefficient (Wildman–Crippen LogP) is 3.80. The zero-order valence-electron chi connectivity index (χ0n) is 20.2. The largest absolute Gasteiger partial charge is 0.490 e. The molecule has 14 heteroatoms. The Labute approximate surface area is 220 Å². The van der Waals surface area contributed by atoms with Crippen molar-refractivity contribution in [3.8, 4) is 0 Å². The monoisotopic (exact) mass is 552 g/mol. The molecule has 1 saturated heterocycles. The van der Waals surface area contributed by atoms with Crippen molar-refractivity contribution in [2.24, 2.45) is 0 Å². The van der Waals surface area contributed by atoms with Crippen molar-refractivity contribution >= 4 is 35.1 Å². The van der Waals surface area contributed by atoms with Gasteiger partial charge in [-0.25, -0.2) is 19.7 Å². The number of nitrogens with one attached hydrogen (secondary N) is 1. The summed E-state index contributed by atoms with van der Waals surface area (Å²) >= 11 is 6.05. The van der Waals surface area contributed by atoms with Crippen LogP contribution in [0.25, 0.3) is 0 Å². The number of rotatable bonds is 3. The number of piperidine rings is 1. The molecule has 2 N–H and O–H groups in total. The third-order valence-corrected chi connectivity index (χ3v) is 6.34. The molecule has 0 saturated carbocycles. The second-order valence-electron chi connectivity index (χ2n) is 8.85. The first-order valence-electron chi connectivity index (χ1n) is 11.6. The number of anilines is 2. The molecular weight excluding hydrogens is 529 g/mol. The molecule has 4 heterocycles. The number of aliphatic carboxylic acids is 1. The molecule has 5 rings (SSSR count). The molecule has 2 aliphatic heterocycles. The lowest BCUT2D eigenvalue weighted by Gasteiger charge is -2.45. The van der Waals surface area contributed by atoms with E-state index in [1.54, 1.807) is 24.4 Å². The Morgan fingerprint density at radius 2 is 1.84 bits per heavy atom. The minimum absolute atomic E-state index is 0.190. The van der Waals surface area contributed by atoms with E-state index in [0.717, 1.165) is 30.4 Å². The van der Waals surface area contributed by atoms with Gasteiger partial charge in [0.1, 0.15) is 11.4 Å². The number of carbonyl (C=O) groups is 2. The number of carbonyl (C=O) groups excluding carboxylic acids is 1. The number of alkyl halides is 3. The van der Waals surface area contributed by atoms with Gasteiger partial charge in [-0.05, 0) is 30.7 Å². The minimum Gasteiger partial charge on any atom is -0.475 e. The van der Waals surface area contributed by atoms with Crippen LogP contribution in [-0.2, 0) is 26.5 Å². The van der Waals surface area contributed by atoms with E-state index in [1.165, 1.54) is 0 Å². The van der Waals surface area contributed by atoms with Crippen molar-refractivity contribution in [3.05, 3.63) is 65.5 Å². The average Bonchev–Trinajstić information content (AvgIpc) is 3.35. The highest BCUT2D eigenvalue weighted by atomic mass is 35.5. The molecule has 0 aliphatic carbocycles. The van der Waals surface area contributed by atoms with Gasteiger partial charge >= 0.3 is 12.1 Å². The van der Waals surface area contributed by atoms with Crippen LogP contribution in [0.3, 0.4) is 0 Å². The number of halogens is 4. The smallest absolute Gasteiger partial charge is 0.475 e. The van der Waals surface area contributed by atoms with E-state index in [4.69, 9.17) is 26.2 Å². The van der Waals surface area contributed by atoms with Crippen LogP contribution in [0.15, 0.2) is 49.1 Å². The van der Waals surface area contributed by atoms with E-state index in [9.17, 15) is 18.0 Å². The van der Waals surface area contributed by atoms with Crippen LogP contribution in [0.2, 0.25) is 5.02 Å². The maximum absolute atomic E-state index is 13.0. The highest BCUT2D eigenvalue weighted by Crippen LogP contribution is 2.40. The number of aromatic nitrogens is 4. The van der Waals surface area contributed by atoms with Crippen LogP contribution in [0.4, 0.5) is 24.8 Å². The molecule has 1 fully saturated rings. The summed E-state index contributed by atoms with van der Waals surface area (Å²) in [6.45, 7) is 3.84. The molecule has 3 aromatic rings. The van der Waals surface area contributed by atoms with E-state index in [0.29, 0.717) is 30.1 Å². The van der Waals surface area contributed by atoms with Gasteiger partial charge in [0, 0.05) is 61.4 Å². The topological polar surface area (TPSA) is 122 Å². The second-order valence-corrected chi connectivity index (χ2v) is 9.29. The Bertz CT molecular complexity index is 1290. The first kappa shape index (κ1) is 27.3. The number of benzene rings is 1. The molecule has 1 unspecified atom stereocenters. The van der Waals surface area contributed by atoms with Crippen molar-refractivity contribution in [1.29, 1.82) is 0 Å². The van der Waals surface area contributed by atoms with Crippen molar-refractivity contribution < 1.29 is 32.6 Å². The Balaban J connectivity index is 0.000000426. The predicted molar refractivity (Wildman–Crippen MR) is 131 cm³/mol. The second kappa shape index (κ2) is 11.0. The fourth-order valence-electron chi connectivity index (χ4n) is 4.28. The maximum atomic E-state index is 13.0. The van der Waals surface area contributed by atoms with Crippen molar-refractivity contribution in [3.63, 3.8) is 0 Å². The lowest BCUT2D eigenvalue weighted by Crippen LogP contribution is -2.53. The van der Waals surface area contributed by atoms with Crippen molar-refractivity contribution in [1.82, 2.24) is 19.5 Å². The van der Waals surface area contributed by atoms with Crippen LogP contribution in [0.5, 0.6) is 0 Å². The van der Waals surface area contributed by atoms with E-state index < -0.39 is 23.9 Å². The van der Waals surface area contributed by atoms with Gasteiger partial charge in [-0.15, -0.1) is 0 Å². The lowest BCUT2D eigenvalue weighted by atomic mass is 9.88. The summed E-state index contributed by atoms with van der Waals surface area (Å²) in [5.41, 5.74) is 1.07. The third-order valence-electron chi connectivity index (χ3n) is 6.10. The van der Waals surface area contributed by atoms with Gasteiger partial charge in [-0.2, -0.15) is 13.2 Å². The summed E-state index contributed by atoms with van der Waals surface area (Å²) in [7, 11) is 0. The van der Waals surface area contributed by atoms with Crippen LogP contribution >= 0.6 is 11.6 Å². The fraction of sp³-hybridized carbons (Fsp3) is 0.375. The number of amides is 1. The summed E-state index contributed by atoms with van der Waals surface area (Å²) in [6, 6.07) is 7.11. The van der Waals surface area contributed by atoms with Crippen LogP contribution in [-0.4, -0.2) is 61.9 Å². The SMILES string of the molecule is Cc1cnc(N2CCC3(CC2)OC(C(=O)Nc2cccc(Cl)c2)Cn2ccnc23)nc1.O=C(O)C(F)(F)F. The highest BCUT2D eigenvalue weighted by Gasteiger charge is 2.47. The maximum Gasteiger partial charge on any atom is 0.490 e. The zero-order chi connectivity index (χ0) is 27.5. The molecule has 1 aromatic carbocycles. The van der Waals surface area contributed by atoms with Gasteiger partial charge in [0.05, 0.1) is 6.54 Å². The summed E-state index contributed by atoms with van der Waals surface area (Å²) in [6.07, 6.45) is 3.02. The number of hydrogen-bond acceptors (Lipinski definition) is 7. The standard InChI is InChI=1S/C22H23ClN6O2.C2HF3O2/c1-15-12-25-21(26-13-15)28-8-5-22(6-9-28)20-24-7-10-29(20)14-18(31-22)19(30)27-17-4-2-3-16(23)11-17;3-2(4,5)1(6)7/h2-4,7,10-13,18H,5-6,8-9,14H2,1H3,(H,27,30);(H,6,7). The van der Waals surface area contributed by atoms with Crippen LogP contribution < -0.4 is 10.2 Å². The molecule has 1 atom stereocenters. The number of nitrogens with zero attached hydrogens (tertiary/aromatic N) is 5. The molecular formula is C24H24ClF3N6O4. The molecule has 38 heavy (non-hydrogen) atoms. The summed E-state index contributed by atoms with van der Waals surface area (Å²) < 4.78 is 40.2. The molecule has 0 radical (unpaired) electrons. The third kappa shape index (κ3) is 6.22. The molecule has 2 aromatic heterocycles. The summed E-state index contributed by atoms with van der Waals surface area (Å²) in [5, 5.41) is 10.6. The minimum atomic E-state index is -5.08. The molecule has 1 spiro atoms. The average molecular weight is 553 g/mol. The Kier molecular flexibility index (Phi) is 7.88. The Morgan fingerprint density at radius 3 is 2.45 bits per heavy atom. The highest BCUT2D eigenvalue weighted by molar-refractivity contribution is 6.30. The Morgan fingerprint density at radius 1 is 1.18 bits per heavy atom. The van der Waals surface area contributed by atoms with E-state index in [2.05, 4.69) is 25.2 Å². The number of fused-ring (bicyclic) bond motifs is 2. The van der Waals surface area contributed by atoms with Crippen molar-refractivity contribution in [2.45, 2.75) is 44.2 Å². The molecule has 2 aliphatic rings. The van der Waals surface area contributed by atoms with Crippen LogP contribution in [0.1, 0.15) is 24.2 Å². The molecule has 0 bridgehead atoms. The van der Waals surface area contributed by atoms with Gasteiger partial charge < -0.3 is 24.6 Å². The van der Waals surface area contributed by atoms with Gasteiger partial charge in [0.25, 0.3) is 5.91 Å². The molecule has 1 amide bonds. The number of carboxylic acid groups (broad SMARTS) is 1. The van der Waals surface area contributed by atoms with Gasteiger partial charge in [-0.3, -0.25) is 4.79 Å².